The highest BCUT2D eigenvalue weighted by molar-refractivity contribution is 14.1. The minimum Gasteiger partial charge on any atom is -0.309 e. The molecule has 0 unspecified atom stereocenters. The number of nitrogens with one attached hydrogen (secondary N) is 1. The maximum absolute atomic E-state index is 7.40. The molecule has 2 heteroatoms. The van der Waals surface area contributed by atoms with E-state index in [0.717, 1.165) is 5.22 Å². The van der Waals surface area contributed by atoms with Crippen molar-refractivity contribution in [2.75, 3.05) is 0 Å². The highest BCUT2D eigenvalue weighted by atomic mass is 127. The van der Waals surface area contributed by atoms with Gasteiger partial charge in [-0.05, 0) is 42.1 Å². The van der Waals surface area contributed by atoms with Crippen LogP contribution in [-0.4, -0.2) is 6.21 Å². The first-order valence-electron chi connectivity index (χ1n) is 6.07. The zero-order valence-corrected chi connectivity index (χ0v) is 12.4. The van der Waals surface area contributed by atoms with Crippen molar-refractivity contribution in [1.82, 2.24) is 0 Å². The molecule has 0 amide bonds. The third-order valence-corrected chi connectivity index (χ3v) is 4.00. The Balaban J connectivity index is 2.79. The van der Waals surface area contributed by atoms with Crippen molar-refractivity contribution in [2.45, 2.75) is 0 Å². The number of hydrogen-bond acceptors (Lipinski definition) is 1. The van der Waals surface area contributed by atoms with Gasteiger partial charge in [0.2, 0.25) is 0 Å². The fourth-order valence-electron chi connectivity index (χ4n) is 2.58. The first-order valence-corrected chi connectivity index (χ1v) is 7.32. The molecule has 1 nitrogen and oxygen atoms in total. The summed E-state index contributed by atoms with van der Waals surface area (Å²) in [6.07, 6.45) is 3.24. The molecule has 0 aliphatic rings. The molecule has 0 bridgehead atoms. The van der Waals surface area contributed by atoms with Crippen LogP contribution >= 0.6 is 22.6 Å². The standard InChI is InChI=1S/C17H12IN/c18-11-17-15-8-4-3-6-13(15)12-5-1-2-7-14(12)16(17)9-10-19/h1-11,19H/b16-9-,17-11-,19-10?. The molecule has 0 heterocycles. The quantitative estimate of drug-likeness (QED) is 0.391. The van der Waals surface area contributed by atoms with Crippen LogP contribution in [0.1, 0.15) is 0 Å². The summed E-state index contributed by atoms with van der Waals surface area (Å²) in [5, 5.41) is 14.7. The summed E-state index contributed by atoms with van der Waals surface area (Å²) in [6.45, 7) is 0. The van der Waals surface area contributed by atoms with E-state index < -0.39 is 0 Å². The number of benzene rings is 3. The van der Waals surface area contributed by atoms with Crippen molar-refractivity contribution in [3.8, 4) is 0 Å². The van der Waals surface area contributed by atoms with Crippen molar-refractivity contribution >= 4 is 60.5 Å². The second-order valence-corrected chi connectivity index (χ2v) is 4.98. The average Bonchev–Trinajstić information content (AvgIpc) is 2.48. The number of rotatable bonds is 1. The third kappa shape index (κ3) is 1.96. The van der Waals surface area contributed by atoms with E-state index in [2.05, 4.69) is 75.2 Å². The predicted octanol–water partition coefficient (Wildman–Crippen LogP) is 3.60. The van der Waals surface area contributed by atoms with Gasteiger partial charge in [-0.1, -0.05) is 71.1 Å². The summed E-state index contributed by atoms with van der Waals surface area (Å²) in [5.74, 6) is 0. The Morgan fingerprint density at radius 3 is 1.68 bits per heavy atom. The summed E-state index contributed by atoms with van der Waals surface area (Å²) in [6, 6.07) is 16.8. The maximum Gasteiger partial charge on any atom is 0.0184 e. The molecule has 0 atom stereocenters. The van der Waals surface area contributed by atoms with Gasteiger partial charge in [-0.3, -0.25) is 0 Å². The van der Waals surface area contributed by atoms with E-state index in [1.807, 2.05) is 6.08 Å². The van der Waals surface area contributed by atoms with E-state index in [0.29, 0.717) is 0 Å². The van der Waals surface area contributed by atoms with Crippen molar-refractivity contribution in [3.63, 3.8) is 0 Å². The molecule has 0 saturated heterocycles. The average molecular weight is 357 g/mol. The van der Waals surface area contributed by atoms with Crippen LogP contribution in [0.2, 0.25) is 0 Å². The topological polar surface area (TPSA) is 23.9 Å². The van der Waals surface area contributed by atoms with Crippen LogP contribution in [-0.2, 0) is 0 Å². The lowest BCUT2D eigenvalue weighted by Gasteiger charge is -2.06. The van der Waals surface area contributed by atoms with Gasteiger partial charge in [-0.2, -0.15) is 0 Å². The predicted molar refractivity (Wildman–Crippen MR) is 92.4 cm³/mol. The van der Waals surface area contributed by atoms with Gasteiger partial charge in [0.1, 0.15) is 0 Å². The van der Waals surface area contributed by atoms with Crippen LogP contribution in [0, 0.1) is 5.41 Å². The van der Waals surface area contributed by atoms with Crippen molar-refractivity contribution in [1.29, 1.82) is 5.41 Å². The van der Waals surface area contributed by atoms with Crippen LogP contribution in [0.5, 0.6) is 0 Å². The normalized spacial score (nSPS) is 13.3. The second-order valence-electron chi connectivity index (χ2n) is 4.36. The lowest BCUT2D eigenvalue weighted by molar-refractivity contribution is 1.58. The molecular weight excluding hydrogens is 345 g/mol. The summed E-state index contributed by atoms with van der Waals surface area (Å²) < 4.78 is 2.10. The van der Waals surface area contributed by atoms with Crippen molar-refractivity contribution in [2.24, 2.45) is 0 Å². The van der Waals surface area contributed by atoms with E-state index in [1.54, 1.807) is 0 Å². The van der Waals surface area contributed by atoms with Gasteiger partial charge < -0.3 is 5.41 Å². The highest BCUT2D eigenvalue weighted by Crippen LogP contribution is 2.20. The fourth-order valence-corrected chi connectivity index (χ4v) is 3.25. The Bertz CT molecular complexity index is 894. The Morgan fingerprint density at radius 2 is 1.21 bits per heavy atom. The molecule has 0 aliphatic carbocycles. The molecule has 3 rings (SSSR count). The van der Waals surface area contributed by atoms with Gasteiger partial charge in [-0.25, -0.2) is 0 Å². The van der Waals surface area contributed by atoms with Gasteiger partial charge in [-0.15, -0.1) is 0 Å². The largest absolute Gasteiger partial charge is 0.309 e. The third-order valence-electron chi connectivity index (χ3n) is 3.37. The van der Waals surface area contributed by atoms with Gasteiger partial charge in [0.25, 0.3) is 0 Å². The molecule has 3 aromatic rings. The fraction of sp³-hybridized carbons (Fsp3) is 0. The highest BCUT2D eigenvalue weighted by Gasteiger charge is 2.03. The SMILES string of the molecule is N=C/C=c1\c(=C/I)c2ccccc2c2ccccc12. The number of fused-ring (bicyclic) bond motifs is 3. The number of halogens is 1. The summed E-state index contributed by atoms with van der Waals surface area (Å²) >= 11 is 2.28. The molecule has 1 N–H and O–H groups in total. The summed E-state index contributed by atoms with van der Waals surface area (Å²) in [7, 11) is 0. The Hall–Kier alpha value is -1.68. The van der Waals surface area contributed by atoms with Crippen LogP contribution in [0.15, 0.2) is 48.5 Å². The van der Waals surface area contributed by atoms with Gasteiger partial charge in [0, 0.05) is 6.21 Å². The zero-order valence-electron chi connectivity index (χ0n) is 10.2. The van der Waals surface area contributed by atoms with Gasteiger partial charge in [0.05, 0.1) is 0 Å². The lowest BCUT2D eigenvalue weighted by atomic mass is 9.98. The van der Waals surface area contributed by atoms with E-state index in [4.69, 9.17) is 5.41 Å². The number of hydrogen-bond donors (Lipinski definition) is 1. The molecule has 19 heavy (non-hydrogen) atoms. The second kappa shape index (κ2) is 5.13. The van der Waals surface area contributed by atoms with Crippen LogP contribution < -0.4 is 10.4 Å². The lowest BCUT2D eigenvalue weighted by Crippen LogP contribution is -2.26. The Morgan fingerprint density at radius 1 is 0.737 bits per heavy atom. The molecule has 0 fully saturated rings. The monoisotopic (exact) mass is 357 g/mol. The first kappa shape index (κ1) is 12.4. The summed E-state index contributed by atoms with van der Waals surface area (Å²) in [5.41, 5.74) is 0. The minimum absolute atomic E-state index is 1.12. The van der Waals surface area contributed by atoms with E-state index >= 15 is 0 Å². The Kier molecular flexibility index (Phi) is 3.34. The van der Waals surface area contributed by atoms with Crippen LogP contribution in [0.25, 0.3) is 31.7 Å². The molecule has 3 aromatic carbocycles. The first-order chi connectivity index (χ1) is 9.36. The van der Waals surface area contributed by atoms with Crippen LogP contribution in [0.4, 0.5) is 0 Å². The van der Waals surface area contributed by atoms with Gasteiger partial charge >= 0.3 is 0 Å². The molecule has 0 aliphatic heterocycles. The van der Waals surface area contributed by atoms with Crippen molar-refractivity contribution in [3.05, 3.63) is 59.0 Å². The maximum atomic E-state index is 7.40. The smallest absolute Gasteiger partial charge is 0.0184 e. The summed E-state index contributed by atoms with van der Waals surface area (Å²) in [4.78, 5) is 0. The molecule has 0 radical (unpaired) electrons. The van der Waals surface area contributed by atoms with Crippen LogP contribution in [0.3, 0.4) is 0 Å². The minimum atomic E-state index is 1.12. The molecule has 0 saturated carbocycles. The molecule has 0 aromatic heterocycles. The van der Waals surface area contributed by atoms with Crippen molar-refractivity contribution < 1.29 is 0 Å². The van der Waals surface area contributed by atoms with E-state index in [1.165, 1.54) is 33.0 Å². The molecule has 0 spiro atoms. The van der Waals surface area contributed by atoms with Gasteiger partial charge in [0.15, 0.2) is 0 Å². The molecule has 92 valence electrons. The molecular formula is C17H12IN. The zero-order chi connectivity index (χ0) is 13.2. The van der Waals surface area contributed by atoms with E-state index in [-0.39, 0.29) is 0 Å². The van der Waals surface area contributed by atoms with E-state index in [9.17, 15) is 0 Å². The Labute approximate surface area is 124 Å².